The Balaban J connectivity index is 1.92. The number of aliphatic hydroxyl groups excluding tert-OH is 2. The van der Waals surface area contributed by atoms with Gasteiger partial charge in [-0.2, -0.15) is 0 Å². The molecule has 134 valence electrons. The Hall–Kier alpha value is 0.590. The third-order valence-electron chi connectivity index (χ3n) is 3.89. The molecule has 0 amide bonds. The summed E-state index contributed by atoms with van der Waals surface area (Å²) in [6, 6.07) is -0.115. The molecule has 0 bridgehead atoms. The van der Waals surface area contributed by atoms with Crippen LogP contribution in [0, 0.1) is 0 Å². The Morgan fingerprint density at radius 1 is 1.22 bits per heavy atom. The zero-order valence-corrected chi connectivity index (χ0v) is 15.4. The van der Waals surface area contributed by atoms with Crippen molar-refractivity contribution in [2.75, 3.05) is 20.3 Å². The van der Waals surface area contributed by atoms with Gasteiger partial charge in [0.2, 0.25) is 0 Å². The fraction of sp³-hybridized carbons (Fsp3) is 1.00. The predicted octanol–water partition coefficient (Wildman–Crippen LogP) is -2.07. The van der Waals surface area contributed by atoms with Crippen LogP contribution in [0.3, 0.4) is 0 Å². The molecule has 2 heterocycles. The van der Waals surface area contributed by atoms with Gasteiger partial charge in [0.25, 0.3) is 0 Å². The Kier molecular flexibility index (Phi) is 7.62. The molecule has 2 fully saturated rings. The van der Waals surface area contributed by atoms with E-state index in [0.29, 0.717) is 12.8 Å². The molecule has 8 nitrogen and oxygen atoms in total. The maximum atomic E-state index is 10.6. The number of aliphatic hydroxyl groups is 2. The van der Waals surface area contributed by atoms with Crippen molar-refractivity contribution in [1.82, 2.24) is 0 Å². The van der Waals surface area contributed by atoms with Crippen molar-refractivity contribution in [2.24, 2.45) is 0 Å². The predicted molar refractivity (Wildman–Crippen MR) is 92.7 cm³/mol. The second-order valence-corrected chi connectivity index (χ2v) is 10.1. The Morgan fingerprint density at radius 3 is 2.43 bits per heavy atom. The SMILES string of the molecule is BC1CC(O)C(CO[PH](O)(OC2CC(B)OC2CO)SOC)O1. The van der Waals surface area contributed by atoms with Crippen LogP contribution in [-0.2, 0) is 22.7 Å². The summed E-state index contributed by atoms with van der Waals surface area (Å²) in [5, 5.41) is 19.2. The maximum absolute atomic E-state index is 10.6. The number of hydrogen-bond donors (Lipinski definition) is 3. The van der Waals surface area contributed by atoms with Gasteiger partial charge in [-0.3, -0.25) is 0 Å². The second-order valence-electron chi connectivity index (χ2n) is 5.93. The van der Waals surface area contributed by atoms with Crippen LogP contribution in [0.5, 0.6) is 0 Å². The monoisotopic (exact) mass is 370 g/mol. The van der Waals surface area contributed by atoms with Crippen LogP contribution in [0.4, 0.5) is 0 Å². The molecule has 2 saturated heterocycles. The van der Waals surface area contributed by atoms with Gasteiger partial charge < -0.3 is 0 Å². The molecule has 12 heteroatoms. The fourth-order valence-electron chi connectivity index (χ4n) is 2.85. The Labute approximate surface area is 142 Å². The van der Waals surface area contributed by atoms with Crippen molar-refractivity contribution in [1.29, 1.82) is 0 Å². The van der Waals surface area contributed by atoms with Crippen molar-refractivity contribution in [3.05, 3.63) is 0 Å². The summed E-state index contributed by atoms with van der Waals surface area (Å²) in [7, 11) is 1.45. The van der Waals surface area contributed by atoms with E-state index >= 15 is 0 Å². The first-order chi connectivity index (χ1) is 10.9. The summed E-state index contributed by atoms with van der Waals surface area (Å²) in [4.78, 5) is 10.6. The van der Waals surface area contributed by atoms with Crippen LogP contribution in [0.2, 0.25) is 0 Å². The third kappa shape index (κ3) is 5.54. The molecule has 0 aliphatic carbocycles. The van der Waals surface area contributed by atoms with Crippen LogP contribution in [-0.4, -0.2) is 87.5 Å². The third-order valence-corrected chi connectivity index (χ3v) is 7.18. The first kappa shape index (κ1) is 19.9. The first-order valence-corrected chi connectivity index (χ1v) is 11.0. The molecule has 0 radical (unpaired) electrons. The van der Waals surface area contributed by atoms with Gasteiger partial charge in [0, 0.05) is 0 Å². The minimum absolute atomic E-state index is 0.0114. The van der Waals surface area contributed by atoms with Gasteiger partial charge in [0.1, 0.15) is 0 Å². The van der Waals surface area contributed by atoms with Crippen molar-refractivity contribution in [3.8, 4) is 0 Å². The minimum atomic E-state index is -3.71. The van der Waals surface area contributed by atoms with Crippen LogP contribution < -0.4 is 0 Å². The van der Waals surface area contributed by atoms with E-state index in [4.69, 9.17) is 22.7 Å². The zero-order chi connectivity index (χ0) is 17.0. The van der Waals surface area contributed by atoms with Crippen molar-refractivity contribution in [3.63, 3.8) is 0 Å². The molecule has 0 aromatic carbocycles. The fourth-order valence-corrected chi connectivity index (χ4v) is 5.69. The van der Waals surface area contributed by atoms with Crippen molar-refractivity contribution >= 4 is 34.5 Å². The van der Waals surface area contributed by atoms with Gasteiger partial charge >= 0.3 is 142 Å². The number of rotatable bonds is 8. The normalized spacial score (nSPS) is 39.0. The molecule has 0 saturated carbocycles. The van der Waals surface area contributed by atoms with E-state index in [1.807, 2.05) is 15.7 Å². The Bertz CT molecular complexity index is 386. The van der Waals surface area contributed by atoms with E-state index in [2.05, 4.69) is 0 Å². The average Bonchev–Trinajstić information content (AvgIpc) is 2.98. The number of hydrogen-bond acceptors (Lipinski definition) is 9. The van der Waals surface area contributed by atoms with Crippen molar-refractivity contribution < 1.29 is 37.8 Å². The van der Waals surface area contributed by atoms with Gasteiger partial charge in [-0.1, -0.05) is 0 Å². The van der Waals surface area contributed by atoms with Gasteiger partial charge in [-0.15, -0.1) is 0 Å². The standard InChI is InChI=1S/C11H25B2O8PS/c1-17-23-22(16,18-5-9-6(15)2-10(12)20-9)21-7-3-11(13)19-8(7)4-14/h6-11,14-16,22H,2-5,12-13H2,1H3. The molecule has 6 atom stereocenters. The molecule has 0 aromatic rings. The Morgan fingerprint density at radius 2 is 1.87 bits per heavy atom. The molecule has 3 N–H and O–H groups in total. The molecule has 2 aliphatic rings. The summed E-state index contributed by atoms with van der Waals surface area (Å²) in [6.45, 7) is -0.184. The van der Waals surface area contributed by atoms with Crippen LogP contribution in [0.25, 0.3) is 0 Å². The zero-order valence-electron chi connectivity index (χ0n) is 13.6. The van der Waals surface area contributed by atoms with Gasteiger partial charge in [-0.25, -0.2) is 0 Å². The van der Waals surface area contributed by atoms with Crippen LogP contribution in [0.15, 0.2) is 0 Å². The molecule has 23 heavy (non-hydrogen) atoms. The van der Waals surface area contributed by atoms with E-state index in [9.17, 15) is 15.1 Å². The molecule has 0 spiro atoms. The first-order valence-electron chi connectivity index (χ1n) is 7.72. The molecular formula is C11H25B2O8PS. The summed E-state index contributed by atoms with van der Waals surface area (Å²) in [5.74, 6) is 0. The quantitative estimate of drug-likeness (QED) is 0.253. The molecule has 6 unspecified atom stereocenters. The van der Waals surface area contributed by atoms with Crippen molar-refractivity contribution in [2.45, 2.75) is 49.3 Å². The summed E-state index contributed by atoms with van der Waals surface area (Å²) < 4.78 is 27.3. The second kappa shape index (κ2) is 8.80. The van der Waals surface area contributed by atoms with Gasteiger partial charge in [-0.05, 0) is 0 Å². The van der Waals surface area contributed by atoms with E-state index in [1.165, 1.54) is 7.11 Å². The topological polar surface area (TPSA) is 107 Å². The van der Waals surface area contributed by atoms with E-state index in [0.717, 1.165) is 11.7 Å². The molecular weight excluding hydrogens is 345 g/mol. The summed E-state index contributed by atoms with van der Waals surface area (Å²) >= 11 is 0.740. The van der Waals surface area contributed by atoms with E-state index < -0.39 is 31.6 Å². The summed E-state index contributed by atoms with van der Waals surface area (Å²) in [6.07, 6.45) is -1.02. The van der Waals surface area contributed by atoms with Crippen LogP contribution >= 0.6 is 18.8 Å². The average molecular weight is 370 g/mol. The molecule has 2 aliphatic heterocycles. The van der Waals surface area contributed by atoms with Crippen LogP contribution in [0.1, 0.15) is 12.8 Å². The number of ether oxygens (including phenoxy) is 2. The molecule has 2 rings (SSSR count). The van der Waals surface area contributed by atoms with E-state index in [1.54, 1.807) is 0 Å². The van der Waals surface area contributed by atoms with Gasteiger partial charge in [0.05, 0.1) is 0 Å². The van der Waals surface area contributed by atoms with E-state index in [-0.39, 0.29) is 25.2 Å². The van der Waals surface area contributed by atoms with Gasteiger partial charge in [0.15, 0.2) is 0 Å². The summed E-state index contributed by atoms with van der Waals surface area (Å²) in [5.41, 5.74) is 0. The molecule has 0 aromatic heterocycles.